The van der Waals surface area contributed by atoms with Crippen LogP contribution in [0.25, 0.3) is 0 Å². The van der Waals surface area contributed by atoms with E-state index in [-0.39, 0.29) is 23.7 Å². The number of benzene rings is 2. The first kappa shape index (κ1) is 24.6. The van der Waals surface area contributed by atoms with Gasteiger partial charge in [0.15, 0.2) is 22.9 Å². The summed E-state index contributed by atoms with van der Waals surface area (Å²) in [5.41, 5.74) is 2.54. The monoisotopic (exact) mass is 469 g/mol. The van der Waals surface area contributed by atoms with Crippen molar-refractivity contribution < 1.29 is 19.0 Å². The maximum absolute atomic E-state index is 13.0. The number of carbonyl (C=O) groups is 1. The van der Waals surface area contributed by atoms with Crippen molar-refractivity contribution in [1.29, 1.82) is 0 Å². The minimum atomic E-state index is -0.315. The van der Waals surface area contributed by atoms with Gasteiger partial charge in [0, 0.05) is 11.6 Å². The number of Topliss-reactive ketones (excluding diaryl/α,β-unsaturated/α-hetero) is 1. The van der Waals surface area contributed by atoms with E-state index < -0.39 is 0 Å². The first-order valence-electron chi connectivity index (χ1n) is 10.8. The highest BCUT2D eigenvalue weighted by Crippen LogP contribution is 2.29. The molecule has 0 aliphatic rings. The lowest BCUT2D eigenvalue weighted by Crippen LogP contribution is -2.15. The Morgan fingerprint density at radius 2 is 1.64 bits per heavy atom. The van der Waals surface area contributed by atoms with Crippen LogP contribution in [0.15, 0.2) is 41.6 Å². The van der Waals surface area contributed by atoms with E-state index in [9.17, 15) is 4.79 Å². The van der Waals surface area contributed by atoms with E-state index in [0.29, 0.717) is 16.5 Å². The van der Waals surface area contributed by atoms with Crippen LogP contribution in [-0.4, -0.2) is 40.5 Å². The molecule has 8 heteroatoms. The highest BCUT2D eigenvalue weighted by Gasteiger charge is 2.23. The molecule has 33 heavy (non-hydrogen) atoms. The number of ether oxygens (including phenoxy) is 3. The molecule has 1 aromatic heterocycles. The zero-order valence-electron chi connectivity index (χ0n) is 20.2. The summed E-state index contributed by atoms with van der Waals surface area (Å²) < 4.78 is 18.7. The van der Waals surface area contributed by atoms with Gasteiger partial charge >= 0.3 is 0 Å². The zero-order valence-corrected chi connectivity index (χ0v) is 21.0. The van der Waals surface area contributed by atoms with E-state index in [2.05, 4.69) is 24.0 Å². The summed E-state index contributed by atoms with van der Waals surface area (Å²) in [5, 5.41) is 9.45. The van der Waals surface area contributed by atoms with Gasteiger partial charge in [-0.25, -0.2) is 0 Å². The number of nitrogens with zero attached hydrogens (tertiary/aromatic N) is 3. The molecule has 7 nitrogen and oxygen atoms in total. The van der Waals surface area contributed by atoms with Gasteiger partial charge in [0.25, 0.3) is 0 Å². The number of hydrogen-bond acceptors (Lipinski definition) is 7. The average molecular weight is 470 g/mol. The van der Waals surface area contributed by atoms with Gasteiger partial charge in [-0.3, -0.25) is 4.79 Å². The largest absolute Gasteiger partial charge is 0.497 e. The second-order valence-corrected chi connectivity index (χ2v) is 9.03. The van der Waals surface area contributed by atoms with Crippen molar-refractivity contribution in [3.8, 4) is 17.2 Å². The Bertz CT molecular complexity index is 1110. The number of hydrogen-bond donors (Lipinski definition) is 0. The number of aromatic nitrogens is 3. The Balaban J connectivity index is 1.75. The van der Waals surface area contributed by atoms with Crippen LogP contribution in [0.2, 0.25) is 0 Å². The van der Waals surface area contributed by atoms with Gasteiger partial charge in [-0.15, -0.1) is 10.2 Å². The first-order valence-corrected chi connectivity index (χ1v) is 11.8. The van der Waals surface area contributed by atoms with Crippen molar-refractivity contribution in [2.24, 2.45) is 0 Å². The predicted molar refractivity (Wildman–Crippen MR) is 130 cm³/mol. The molecule has 1 atom stereocenters. The molecule has 3 rings (SSSR count). The van der Waals surface area contributed by atoms with Gasteiger partial charge in [0.1, 0.15) is 17.2 Å². The minimum Gasteiger partial charge on any atom is -0.497 e. The molecule has 0 amide bonds. The second kappa shape index (κ2) is 10.7. The van der Waals surface area contributed by atoms with E-state index in [1.807, 2.05) is 61.7 Å². The van der Waals surface area contributed by atoms with E-state index in [4.69, 9.17) is 14.2 Å². The Labute approximate surface area is 199 Å². The second-order valence-electron chi connectivity index (χ2n) is 8.09. The zero-order chi connectivity index (χ0) is 24.1. The number of methoxy groups -OCH3 is 2. The molecule has 1 heterocycles. The fraction of sp³-hybridized carbons (Fsp3) is 0.400. The molecule has 0 saturated heterocycles. The standard InChI is InChI=1S/C25H31N3O4S/c1-15(2)28-24(18(5)32-20-10-8-19(30-6)9-11-20)26-27-25(28)33-14-22(29)21-12-17(4)23(31-7)13-16(21)3/h8-13,15,18H,14H2,1-7H3. The fourth-order valence-electron chi connectivity index (χ4n) is 3.58. The normalized spacial score (nSPS) is 12.0. The number of aryl methyl sites for hydroxylation is 2. The van der Waals surface area contributed by atoms with Crippen molar-refractivity contribution in [3.63, 3.8) is 0 Å². The lowest BCUT2D eigenvalue weighted by molar-refractivity contribution is 0.102. The highest BCUT2D eigenvalue weighted by molar-refractivity contribution is 7.99. The Morgan fingerprint density at radius 1 is 0.970 bits per heavy atom. The number of ketones is 1. The van der Waals surface area contributed by atoms with Gasteiger partial charge in [-0.1, -0.05) is 11.8 Å². The van der Waals surface area contributed by atoms with Gasteiger partial charge in [0.2, 0.25) is 0 Å². The molecule has 1 unspecified atom stereocenters. The average Bonchev–Trinajstić information content (AvgIpc) is 3.23. The molecular weight excluding hydrogens is 438 g/mol. The Kier molecular flexibility index (Phi) is 8.02. The predicted octanol–water partition coefficient (Wildman–Crippen LogP) is 5.61. The molecule has 0 fully saturated rings. The molecule has 0 aliphatic heterocycles. The SMILES string of the molecule is COc1ccc(OC(C)c2nnc(SCC(=O)c3cc(C)c(OC)cc3C)n2C(C)C)cc1. The summed E-state index contributed by atoms with van der Waals surface area (Å²) in [6.07, 6.45) is -0.315. The van der Waals surface area contributed by atoms with Crippen molar-refractivity contribution in [2.45, 2.75) is 51.9 Å². The summed E-state index contributed by atoms with van der Waals surface area (Å²) in [5.74, 6) is 3.30. The third-order valence-electron chi connectivity index (χ3n) is 5.32. The highest BCUT2D eigenvalue weighted by atomic mass is 32.2. The Hall–Kier alpha value is -3.00. The Morgan fingerprint density at radius 3 is 2.24 bits per heavy atom. The molecular formula is C25H31N3O4S. The first-order chi connectivity index (χ1) is 15.7. The minimum absolute atomic E-state index is 0.0469. The maximum Gasteiger partial charge on any atom is 0.192 e. The molecule has 0 aliphatic carbocycles. The summed E-state index contributed by atoms with van der Waals surface area (Å²) in [4.78, 5) is 13.0. The quantitative estimate of drug-likeness (QED) is 0.282. The smallest absolute Gasteiger partial charge is 0.192 e. The van der Waals surface area contributed by atoms with E-state index in [1.54, 1.807) is 14.2 Å². The van der Waals surface area contributed by atoms with Crippen LogP contribution >= 0.6 is 11.8 Å². The van der Waals surface area contributed by atoms with Crippen molar-refractivity contribution in [3.05, 3.63) is 58.9 Å². The van der Waals surface area contributed by atoms with Crippen LogP contribution in [0.5, 0.6) is 17.2 Å². The van der Waals surface area contributed by atoms with E-state index >= 15 is 0 Å². The van der Waals surface area contributed by atoms with E-state index in [0.717, 1.165) is 28.4 Å². The summed E-state index contributed by atoms with van der Waals surface area (Å²) >= 11 is 1.39. The van der Waals surface area contributed by atoms with Crippen molar-refractivity contribution in [2.75, 3.05) is 20.0 Å². The van der Waals surface area contributed by atoms with Crippen LogP contribution in [0, 0.1) is 13.8 Å². The molecule has 0 radical (unpaired) electrons. The topological polar surface area (TPSA) is 75.5 Å². The lowest BCUT2D eigenvalue weighted by Gasteiger charge is -2.19. The molecule has 0 spiro atoms. The third-order valence-corrected chi connectivity index (χ3v) is 6.26. The summed E-state index contributed by atoms with van der Waals surface area (Å²) in [6, 6.07) is 11.3. The summed E-state index contributed by atoms with van der Waals surface area (Å²) in [7, 11) is 3.26. The molecule has 0 saturated carbocycles. The van der Waals surface area contributed by atoms with Gasteiger partial charge in [-0.05, 0) is 82.1 Å². The number of rotatable bonds is 10. The number of carbonyl (C=O) groups excluding carboxylic acids is 1. The van der Waals surface area contributed by atoms with Gasteiger partial charge in [0.05, 0.1) is 20.0 Å². The van der Waals surface area contributed by atoms with E-state index in [1.165, 1.54) is 11.8 Å². The van der Waals surface area contributed by atoms with Crippen molar-refractivity contribution in [1.82, 2.24) is 14.8 Å². The number of thioether (sulfide) groups is 1. The van der Waals surface area contributed by atoms with Crippen LogP contribution < -0.4 is 14.2 Å². The molecule has 0 bridgehead atoms. The van der Waals surface area contributed by atoms with Gasteiger partial charge < -0.3 is 18.8 Å². The van der Waals surface area contributed by atoms with Crippen LogP contribution in [0.3, 0.4) is 0 Å². The van der Waals surface area contributed by atoms with Gasteiger partial charge in [-0.2, -0.15) is 0 Å². The molecule has 2 aromatic carbocycles. The lowest BCUT2D eigenvalue weighted by atomic mass is 10.0. The molecule has 3 aromatic rings. The maximum atomic E-state index is 13.0. The summed E-state index contributed by atoms with van der Waals surface area (Å²) in [6.45, 7) is 9.93. The fourth-order valence-corrected chi connectivity index (χ4v) is 4.54. The molecule has 176 valence electrons. The molecule has 0 N–H and O–H groups in total. The van der Waals surface area contributed by atoms with Crippen LogP contribution in [-0.2, 0) is 0 Å². The van der Waals surface area contributed by atoms with Crippen molar-refractivity contribution >= 4 is 17.5 Å². The van der Waals surface area contributed by atoms with Crippen LogP contribution in [0.1, 0.15) is 60.2 Å². The van der Waals surface area contributed by atoms with Crippen LogP contribution in [0.4, 0.5) is 0 Å². The third kappa shape index (κ3) is 5.68.